The smallest absolute Gasteiger partial charge is 0.171 e. The number of nitrogens with zero attached hydrogens (tertiary/aromatic N) is 3. The van der Waals surface area contributed by atoms with E-state index in [2.05, 4.69) is 10.1 Å². The van der Waals surface area contributed by atoms with E-state index >= 15 is 0 Å². The molecule has 1 fully saturated rings. The van der Waals surface area contributed by atoms with E-state index in [1.54, 1.807) is 17.1 Å². The van der Waals surface area contributed by atoms with Gasteiger partial charge < -0.3 is 0 Å². The van der Waals surface area contributed by atoms with Gasteiger partial charge in [-0.05, 0) is 37.3 Å². The highest BCUT2D eigenvalue weighted by atomic mass is 32.2. The van der Waals surface area contributed by atoms with Crippen molar-refractivity contribution >= 4 is 23.3 Å². The Bertz CT molecular complexity index is 678. The highest BCUT2D eigenvalue weighted by Crippen LogP contribution is 2.32. The molecule has 0 atom stereocenters. The number of hydrogen-bond acceptors (Lipinski definition) is 5. The first kappa shape index (κ1) is 14.0. The first-order chi connectivity index (χ1) is 10.2. The van der Waals surface area contributed by atoms with Gasteiger partial charge in [0.15, 0.2) is 5.78 Å². The van der Waals surface area contributed by atoms with Crippen LogP contribution in [0.15, 0.2) is 35.7 Å². The van der Waals surface area contributed by atoms with E-state index in [-0.39, 0.29) is 23.9 Å². The summed E-state index contributed by atoms with van der Waals surface area (Å²) in [6.07, 6.45) is 6.88. The van der Waals surface area contributed by atoms with Gasteiger partial charge in [-0.2, -0.15) is 5.10 Å². The molecular weight excluding hydrogens is 286 g/mol. The summed E-state index contributed by atoms with van der Waals surface area (Å²) in [6.45, 7) is 0. The van der Waals surface area contributed by atoms with Crippen molar-refractivity contribution in [2.75, 3.05) is 6.26 Å². The summed E-state index contributed by atoms with van der Waals surface area (Å²) in [5.41, 5.74) is 1.46. The third-order valence-corrected chi connectivity index (χ3v) is 4.31. The Hall–Kier alpha value is -1.95. The van der Waals surface area contributed by atoms with E-state index in [4.69, 9.17) is 0 Å². The fourth-order valence-corrected chi connectivity index (χ4v) is 2.84. The number of carbonyl (C=O) groups excluding carboxylic acids is 2. The van der Waals surface area contributed by atoms with Gasteiger partial charge in [0.2, 0.25) is 0 Å². The number of thioether (sulfide) groups is 1. The molecule has 1 aliphatic rings. The van der Waals surface area contributed by atoms with Crippen LogP contribution in [0.25, 0.3) is 5.69 Å². The molecule has 1 aliphatic carbocycles. The number of hydrogen-bond donors (Lipinski definition) is 0. The van der Waals surface area contributed by atoms with Crippen molar-refractivity contribution < 1.29 is 9.59 Å². The summed E-state index contributed by atoms with van der Waals surface area (Å²) in [4.78, 5) is 28.9. The quantitative estimate of drug-likeness (QED) is 0.466. The number of rotatable bonds is 6. The van der Waals surface area contributed by atoms with Gasteiger partial charge in [0.1, 0.15) is 18.4 Å². The zero-order valence-corrected chi connectivity index (χ0v) is 12.5. The van der Waals surface area contributed by atoms with Crippen molar-refractivity contribution in [3.05, 3.63) is 36.4 Å². The van der Waals surface area contributed by atoms with Crippen molar-refractivity contribution in [2.45, 2.75) is 24.2 Å². The Balaban J connectivity index is 1.84. The minimum atomic E-state index is -0.0959. The van der Waals surface area contributed by atoms with Crippen LogP contribution in [-0.2, 0) is 4.79 Å². The molecule has 0 amide bonds. The van der Waals surface area contributed by atoms with Crippen LogP contribution in [0, 0.1) is 5.92 Å². The Morgan fingerprint density at radius 2 is 2.19 bits per heavy atom. The summed E-state index contributed by atoms with van der Waals surface area (Å²) in [6, 6.07) is 5.49. The minimum absolute atomic E-state index is 0.0148. The lowest BCUT2D eigenvalue weighted by Gasteiger charge is -2.09. The molecule has 0 bridgehead atoms. The summed E-state index contributed by atoms with van der Waals surface area (Å²) in [7, 11) is 0. The first-order valence-electron chi connectivity index (χ1n) is 6.78. The van der Waals surface area contributed by atoms with Gasteiger partial charge >= 0.3 is 0 Å². The van der Waals surface area contributed by atoms with Crippen molar-refractivity contribution in [1.29, 1.82) is 0 Å². The number of benzene rings is 1. The predicted octanol–water partition coefficient (Wildman–Crippen LogP) is 2.54. The van der Waals surface area contributed by atoms with Gasteiger partial charge in [0, 0.05) is 16.4 Å². The molecule has 3 rings (SSSR count). The van der Waals surface area contributed by atoms with E-state index in [1.807, 2.05) is 18.4 Å². The molecule has 1 aromatic carbocycles. The van der Waals surface area contributed by atoms with E-state index in [1.165, 1.54) is 18.1 Å². The monoisotopic (exact) mass is 301 g/mol. The van der Waals surface area contributed by atoms with Crippen molar-refractivity contribution in [3.63, 3.8) is 0 Å². The average Bonchev–Trinajstić information content (AvgIpc) is 3.21. The number of Topliss-reactive ketones (excluding diaryl/α,β-unsaturated/α-hetero) is 2. The van der Waals surface area contributed by atoms with E-state index in [9.17, 15) is 9.59 Å². The first-order valence-corrected chi connectivity index (χ1v) is 8.00. The molecule has 0 N–H and O–H groups in total. The van der Waals surface area contributed by atoms with E-state index in [0.717, 1.165) is 23.4 Å². The second-order valence-electron chi connectivity index (χ2n) is 5.07. The topological polar surface area (TPSA) is 64.8 Å². The van der Waals surface area contributed by atoms with Crippen molar-refractivity contribution in [2.24, 2.45) is 5.92 Å². The Morgan fingerprint density at radius 3 is 2.81 bits per heavy atom. The van der Waals surface area contributed by atoms with Gasteiger partial charge in [-0.1, -0.05) is 0 Å². The van der Waals surface area contributed by atoms with Gasteiger partial charge in [0.05, 0.1) is 12.1 Å². The van der Waals surface area contributed by atoms with Crippen molar-refractivity contribution in [1.82, 2.24) is 14.8 Å². The number of carbonyl (C=O) groups is 2. The molecule has 0 saturated heterocycles. The molecule has 2 aromatic rings. The maximum absolute atomic E-state index is 12.3. The van der Waals surface area contributed by atoms with Crippen LogP contribution in [0.2, 0.25) is 0 Å². The molecule has 5 nitrogen and oxygen atoms in total. The van der Waals surface area contributed by atoms with Crippen LogP contribution < -0.4 is 0 Å². The summed E-state index contributed by atoms with van der Waals surface area (Å²) in [5.74, 6) is 0.106. The maximum atomic E-state index is 12.3. The highest BCUT2D eigenvalue weighted by molar-refractivity contribution is 7.98. The Labute approximate surface area is 126 Å². The Kier molecular flexibility index (Phi) is 3.88. The lowest BCUT2D eigenvalue weighted by Crippen LogP contribution is -2.11. The lowest BCUT2D eigenvalue weighted by molar-refractivity contribution is -0.119. The largest absolute Gasteiger partial charge is 0.299 e. The van der Waals surface area contributed by atoms with Gasteiger partial charge in [-0.15, -0.1) is 11.8 Å². The molecule has 0 spiro atoms. The summed E-state index contributed by atoms with van der Waals surface area (Å²) < 4.78 is 1.64. The van der Waals surface area contributed by atoms with Crippen LogP contribution in [0.4, 0.5) is 0 Å². The number of aromatic nitrogens is 3. The van der Waals surface area contributed by atoms with Crippen molar-refractivity contribution in [3.8, 4) is 5.69 Å². The fourth-order valence-electron chi connectivity index (χ4n) is 2.20. The fraction of sp³-hybridized carbons (Fsp3) is 0.333. The zero-order valence-electron chi connectivity index (χ0n) is 11.7. The van der Waals surface area contributed by atoms with Crippen LogP contribution in [-0.4, -0.2) is 32.6 Å². The summed E-state index contributed by atoms with van der Waals surface area (Å²) >= 11 is 1.49. The SMILES string of the molecule is CSc1cc(-n2cncn2)ccc1C(=O)CC(=O)C1CC1. The second-order valence-corrected chi connectivity index (χ2v) is 5.91. The third kappa shape index (κ3) is 3.05. The zero-order chi connectivity index (χ0) is 14.8. The second kappa shape index (κ2) is 5.81. The summed E-state index contributed by atoms with van der Waals surface area (Å²) in [5, 5.41) is 4.07. The van der Waals surface area contributed by atoms with Gasteiger partial charge in [-0.3, -0.25) is 9.59 Å². The lowest BCUT2D eigenvalue weighted by atomic mass is 10.0. The maximum Gasteiger partial charge on any atom is 0.171 e. The molecule has 6 heteroatoms. The van der Waals surface area contributed by atoms with E-state index in [0.29, 0.717) is 5.56 Å². The normalized spacial score (nSPS) is 14.1. The molecule has 1 saturated carbocycles. The molecule has 1 aromatic heterocycles. The van der Waals surface area contributed by atoms with Crippen LogP contribution in [0.3, 0.4) is 0 Å². The van der Waals surface area contributed by atoms with Crippen LogP contribution in [0.5, 0.6) is 0 Å². The molecule has 0 aliphatic heterocycles. The molecule has 0 radical (unpaired) electrons. The standard InChI is InChI=1S/C15H15N3O2S/c1-21-15-6-11(18-9-16-8-17-18)4-5-12(15)14(20)7-13(19)10-2-3-10/h4-6,8-10H,2-3,7H2,1H3. The van der Waals surface area contributed by atoms with Crippen LogP contribution >= 0.6 is 11.8 Å². The van der Waals surface area contributed by atoms with Gasteiger partial charge in [0.25, 0.3) is 0 Å². The Morgan fingerprint density at radius 1 is 1.38 bits per heavy atom. The van der Waals surface area contributed by atoms with Gasteiger partial charge in [-0.25, -0.2) is 9.67 Å². The third-order valence-electron chi connectivity index (χ3n) is 3.54. The average molecular weight is 301 g/mol. The minimum Gasteiger partial charge on any atom is -0.299 e. The molecule has 1 heterocycles. The molecular formula is C15H15N3O2S. The highest BCUT2D eigenvalue weighted by Gasteiger charge is 2.31. The van der Waals surface area contributed by atoms with Crippen LogP contribution in [0.1, 0.15) is 29.6 Å². The molecule has 0 unspecified atom stereocenters. The molecule has 108 valence electrons. The number of ketones is 2. The predicted molar refractivity (Wildman–Crippen MR) is 79.8 cm³/mol. The molecule has 21 heavy (non-hydrogen) atoms. The van der Waals surface area contributed by atoms with E-state index < -0.39 is 0 Å².